The van der Waals surface area contributed by atoms with Gasteiger partial charge < -0.3 is 14.5 Å². The maximum Gasteiger partial charge on any atom is 0.307 e. The molecule has 30 heavy (non-hydrogen) atoms. The third-order valence-electron chi connectivity index (χ3n) is 5.37. The van der Waals surface area contributed by atoms with Gasteiger partial charge in [-0.25, -0.2) is 0 Å². The van der Waals surface area contributed by atoms with Crippen LogP contribution >= 0.6 is 0 Å². The Balaban J connectivity index is 1.76. The first-order valence-corrected chi connectivity index (χ1v) is 12.2. The number of hydrogen-bond donors (Lipinski definition) is 1. The average Bonchev–Trinajstić information content (AvgIpc) is 3.28. The molecule has 5 nitrogen and oxygen atoms in total. The fourth-order valence-electron chi connectivity index (χ4n) is 3.50. The van der Waals surface area contributed by atoms with Gasteiger partial charge in [-0.15, -0.1) is 0 Å². The van der Waals surface area contributed by atoms with Gasteiger partial charge in [-0.3, -0.25) is 9.59 Å². The highest BCUT2D eigenvalue weighted by Gasteiger charge is 2.09. The van der Waals surface area contributed by atoms with E-state index in [1.165, 1.54) is 89.7 Å². The van der Waals surface area contributed by atoms with E-state index in [0.717, 1.165) is 12.8 Å². The lowest BCUT2D eigenvalue weighted by Crippen LogP contribution is -2.26. The zero-order chi connectivity index (χ0) is 21.7. The Morgan fingerprint density at radius 2 is 1.37 bits per heavy atom. The molecule has 0 bridgehead atoms. The molecule has 1 amide bonds. The minimum atomic E-state index is -0.310. The number of unbranched alkanes of at least 4 members (excludes halogenated alkanes) is 14. The highest BCUT2D eigenvalue weighted by molar-refractivity contribution is 5.91. The van der Waals surface area contributed by atoms with E-state index >= 15 is 0 Å². The van der Waals surface area contributed by atoms with Crippen molar-refractivity contribution in [3.63, 3.8) is 0 Å². The van der Waals surface area contributed by atoms with Gasteiger partial charge >= 0.3 is 5.97 Å². The molecular formula is C25H43NO4. The molecule has 1 aromatic heterocycles. The van der Waals surface area contributed by atoms with Crippen LogP contribution in [0.4, 0.5) is 0 Å². The molecular weight excluding hydrogens is 378 g/mol. The van der Waals surface area contributed by atoms with Crippen LogP contribution in [0, 0.1) is 0 Å². The number of nitrogens with one attached hydrogen (secondary N) is 1. The molecule has 172 valence electrons. The normalized spacial score (nSPS) is 10.8. The minimum absolute atomic E-state index is 0.186. The molecule has 1 aromatic rings. The van der Waals surface area contributed by atoms with E-state index in [1.807, 2.05) is 0 Å². The summed E-state index contributed by atoms with van der Waals surface area (Å²) in [7, 11) is 0. The summed E-state index contributed by atoms with van der Waals surface area (Å²) in [6.45, 7) is 3.01. The van der Waals surface area contributed by atoms with E-state index in [0.29, 0.717) is 6.61 Å². The van der Waals surface area contributed by atoms with Crippen LogP contribution in [0.3, 0.4) is 0 Å². The maximum absolute atomic E-state index is 11.7. The van der Waals surface area contributed by atoms with E-state index in [9.17, 15) is 9.59 Å². The molecule has 0 aliphatic carbocycles. The molecule has 5 heteroatoms. The molecule has 0 saturated carbocycles. The Morgan fingerprint density at radius 1 is 0.833 bits per heavy atom. The van der Waals surface area contributed by atoms with Gasteiger partial charge in [0.05, 0.1) is 19.3 Å². The van der Waals surface area contributed by atoms with Crippen molar-refractivity contribution in [2.75, 3.05) is 13.2 Å². The molecule has 1 heterocycles. The lowest BCUT2D eigenvalue weighted by molar-refractivity contribution is -0.143. The molecule has 0 atom stereocenters. The predicted octanol–water partition coefficient (Wildman–Crippen LogP) is 6.81. The van der Waals surface area contributed by atoms with Crippen molar-refractivity contribution in [1.82, 2.24) is 5.32 Å². The maximum atomic E-state index is 11.7. The zero-order valence-corrected chi connectivity index (χ0v) is 19.1. The highest BCUT2D eigenvalue weighted by Crippen LogP contribution is 2.13. The second-order valence-corrected chi connectivity index (χ2v) is 8.15. The van der Waals surface area contributed by atoms with Crippen LogP contribution < -0.4 is 5.32 Å². The monoisotopic (exact) mass is 421 g/mol. The van der Waals surface area contributed by atoms with Crippen molar-refractivity contribution in [3.8, 4) is 0 Å². The van der Waals surface area contributed by atoms with Crippen molar-refractivity contribution in [2.24, 2.45) is 0 Å². The fraction of sp³-hybridized carbons (Fsp3) is 0.760. The van der Waals surface area contributed by atoms with Crippen molar-refractivity contribution >= 4 is 11.9 Å². The minimum Gasteiger partial charge on any atom is -0.466 e. The smallest absolute Gasteiger partial charge is 0.307 e. The first-order valence-electron chi connectivity index (χ1n) is 12.2. The first kappa shape index (κ1) is 26.3. The summed E-state index contributed by atoms with van der Waals surface area (Å²) in [5, 5.41) is 2.64. The average molecular weight is 422 g/mol. The number of carbonyl (C=O) groups is 2. The summed E-state index contributed by atoms with van der Waals surface area (Å²) in [6, 6.07) is 3.24. The second kappa shape index (κ2) is 19.2. The predicted molar refractivity (Wildman–Crippen MR) is 122 cm³/mol. The molecule has 0 spiro atoms. The Labute approximate surface area is 183 Å². The Hall–Kier alpha value is -1.78. The van der Waals surface area contributed by atoms with Gasteiger partial charge in [-0.2, -0.15) is 0 Å². The van der Waals surface area contributed by atoms with Crippen LogP contribution in [0.15, 0.2) is 22.8 Å². The van der Waals surface area contributed by atoms with E-state index in [-0.39, 0.29) is 30.6 Å². The Kier molecular flexibility index (Phi) is 16.8. The Morgan fingerprint density at radius 3 is 1.87 bits per heavy atom. The number of esters is 1. The first-order chi connectivity index (χ1) is 14.7. The molecule has 0 aromatic carbocycles. The van der Waals surface area contributed by atoms with Crippen LogP contribution in [0.2, 0.25) is 0 Å². The lowest BCUT2D eigenvalue weighted by atomic mass is 10.0. The van der Waals surface area contributed by atoms with Crippen LogP contribution in [-0.2, 0) is 9.53 Å². The van der Waals surface area contributed by atoms with Gasteiger partial charge in [-0.05, 0) is 18.6 Å². The van der Waals surface area contributed by atoms with E-state index in [2.05, 4.69) is 12.2 Å². The molecule has 0 saturated heterocycles. The van der Waals surface area contributed by atoms with E-state index in [4.69, 9.17) is 9.15 Å². The molecule has 0 aliphatic heterocycles. The fourth-order valence-corrected chi connectivity index (χ4v) is 3.50. The molecule has 0 unspecified atom stereocenters. The number of rotatable bonds is 20. The van der Waals surface area contributed by atoms with E-state index < -0.39 is 0 Å². The van der Waals surface area contributed by atoms with Gasteiger partial charge in [0.1, 0.15) is 0 Å². The SMILES string of the molecule is CCCCCCCCCCCCCCCCCOC(=O)CCNC(=O)c1ccco1. The van der Waals surface area contributed by atoms with Gasteiger partial charge in [0, 0.05) is 6.54 Å². The van der Waals surface area contributed by atoms with Gasteiger partial charge in [0.2, 0.25) is 0 Å². The van der Waals surface area contributed by atoms with Crippen LogP contribution in [0.1, 0.15) is 120 Å². The third kappa shape index (κ3) is 15.1. The van der Waals surface area contributed by atoms with Gasteiger partial charge in [-0.1, -0.05) is 96.8 Å². The van der Waals surface area contributed by atoms with Crippen LogP contribution in [0.5, 0.6) is 0 Å². The number of hydrogen-bond acceptors (Lipinski definition) is 4. The summed E-state index contributed by atoms with van der Waals surface area (Å²) in [5.41, 5.74) is 0. The summed E-state index contributed by atoms with van der Waals surface area (Å²) >= 11 is 0. The highest BCUT2D eigenvalue weighted by atomic mass is 16.5. The van der Waals surface area contributed by atoms with E-state index in [1.54, 1.807) is 12.1 Å². The quantitative estimate of drug-likeness (QED) is 0.185. The summed E-state index contributed by atoms with van der Waals surface area (Å²) in [4.78, 5) is 23.3. The molecule has 1 N–H and O–H groups in total. The number of amides is 1. The van der Waals surface area contributed by atoms with Crippen molar-refractivity contribution < 1.29 is 18.7 Å². The van der Waals surface area contributed by atoms with Gasteiger partial charge in [0.25, 0.3) is 5.91 Å². The second-order valence-electron chi connectivity index (χ2n) is 8.15. The number of ether oxygens (including phenoxy) is 1. The largest absolute Gasteiger partial charge is 0.466 e. The summed E-state index contributed by atoms with van der Waals surface area (Å²) in [6.07, 6.45) is 21.4. The van der Waals surface area contributed by atoms with Crippen molar-refractivity contribution in [1.29, 1.82) is 0 Å². The molecule has 1 rings (SSSR count). The van der Waals surface area contributed by atoms with Crippen LogP contribution in [0.25, 0.3) is 0 Å². The molecule has 0 fully saturated rings. The van der Waals surface area contributed by atoms with Crippen LogP contribution in [-0.4, -0.2) is 25.0 Å². The molecule has 0 radical (unpaired) electrons. The van der Waals surface area contributed by atoms with Crippen molar-refractivity contribution in [3.05, 3.63) is 24.2 Å². The lowest BCUT2D eigenvalue weighted by Gasteiger charge is -2.06. The number of carbonyl (C=O) groups excluding carboxylic acids is 2. The topological polar surface area (TPSA) is 68.5 Å². The summed E-state index contributed by atoms with van der Waals surface area (Å²) < 4.78 is 10.2. The Bertz CT molecular complexity index is 527. The summed E-state index contributed by atoms with van der Waals surface area (Å²) in [5.74, 6) is -0.323. The number of furan rings is 1. The van der Waals surface area contributed by atoms with Gasteiger partial charge in [0.15, 0.2) is 5.76 Å². The van der Waals surface area contributed by atoms with Crippen molar-refractivity contribution in [2.45, 2.75) is 110 Å². The molecule has 0 aliphatic rings. The standard InChI is InChI=1S/C25H43NO4/c1-2-3-4-5-6-7-8-9-10-11-12-13-14-15-16-21-30-24(27)19-20-26-25(28)23-18-17-22-29-23/h17-18,22H,2-16,19-21H2,1H3,(H,26,28). The zero-order valence-electron chi connectivity index (χ0n) is 19.1. The third-order valence-corrected chi connectivity index (χ3v) is 5.37.